The number of nitriles is 1. The first-order valence-corrected chi connectivity index (χ1v) is 5.13. The van der Waals surface area contributed by atoms with E-state index in [0.29, 0.717) is 12.2 Å². The molecule has 1 unspecified atom stereocenters. The van der Waals surface area contributed by atoms with Crippen molar-refractivity contribution in [1.82, 2.24) is 0 Å². The monoisotopic (exact) mass is 252 g/mol. The quantitative estimate of drug-likeness (QED) is 0.770. The van der Waals surface area contributed by atoms with E-state index in [-0.39, 0.29) is 6.04 Å². The van der Waals surface area contributed by atoms with Crippen LogP contribution in [0.4, 0.5) is 0 Å². The minimum absolute atomic E-state index is 0.000804. The average Bonchev–Trinajstić information content (AvgIpc) is 2.17. The molecule has 0 spiro atoms. The van der Waals surface area contributed by atoms with Crippen molar-refractivity contribution in [3.63, 3.8) is 0 Å². The summed E-state index contributed by atoms with van der Waals surface area (Å²) >= 11 is 3.40. The van der Waals surface area contributed by atoms with Gasteiger partial charge in [0.2, 0.25) is 0 Å². The van der Waals surface area contributed by atoms with Crippen LogP contribution >= 0.6 is 15.9 Å². The molecule has 0 amide bonds. The zero-order valence-electron chi connectivity index (χ0n) is 7.46. The highest BCUT2D eigenvalue weighted by atomic mass is 79.9. The maximum absolute atomic E-state index is 8.77. The van der Waals surface area contributed by atoms with E-state index in [2.05, 4.69) is 22.0 Å². The Morgan fingerprint density at radius 1 is 1.57 bits per heavy atom. The summed E-state index contributed by atoms with van der Waals surface area (Å²) in [5, 5.41) is 8.77. The predicted molar refractivity (Wildman–Crippen MR) is 55.9 cm³/mol. The largest absolute Gasteiger partial charge is 0.493 e. The van der Waals surface area contributed by atoms with E-state index in [0.717, 1.165) is 22.2 Å². The molecule has 4 heteroatoms. The number of halogens is 1. The van der Waals surface area contributed by atoms with Gasteiger partial charge in [0.1, 0.15) is 5.75 Å². The third-order valence-corrected chi connectivity index (χ3v) is 2.93. The van der Waals surface area contributed by atoms with Gasteiger partial charge in [-0.3, -0.25) is 0 Å². The molecule has 2 rings (SSSR count). The lowest BCUT2D eigenvalue weighted by molar-refractivity contribution is 0.268. The zero-order chi connectivity index (χ0) is 10.1. The first-order chi connectivity index (χ1) is 6.72. The van der Waals surface area contributed by atoms with E-state index in [1.165, 1.54) is 0 Å². The van der Waals surface area contributed by atoms with Gasteiger partial charge in [-0.2, -0.15) is 5.26 Å². The molecule has 2 N–H and O–H groups in total. The maximum Gasteiger partial charge on any atom is 0.126 e. The molecule has 1 aliphatic heterocycles. The van der Waals surface area contributed by atoms with Crippen LogP contribution in [0.5, 0.6) is 5.75 Å². The topological polar surface area (TPSA) is 59.0 Å². The maximum atomic E-state index is 8.77. The molecule has 14 heavy (non-hydrogen) atoms. The summed E-state index contributed by atoms with van der Waals surface area (Å²) in [6.45, 7) is 0.621. The second-order valence-corrected chi connectivity index (χ2v) is 4.08. The van der Waals surface area contributed by atoms with E-state index in [4.69, 9.17) is 15.7 Å². The van der Waals surface area contributed by atoms with Crippen molar-refractivity contribution in [3.05, 3.63) is 27.7 Å². The summed E-state index contributed by atoms with van der Waals surface area (Å²) in [5.74, 6) is 0.731. The predicted octanol–water partition coefficient (Wildman–Crippen LogP) is 2.10. The lowest BCUT2D eigenvalue weighted by atomic mass is 10.00. The molecule has 1 aliphatic rings. The van der Waals surface area contributed by atoms with Gasteiger partial charge in [0.25, 0.3) is 0 Å². The molecule has 0 bridgehead atoms. The Labute approximate surface area is 90.6 Å². The lowest BCUT2D eigenvalue weighted by Gasteiger charge is -2.24. The highest BCUT2D eigenvalue weighted by Crippen LogP contribution is 2.37. The number of hydrogen-bond donors (Lipinski definition) is 1. The van der Waals surface area contributed by atoms with Crippen LogP contribution in [-0.4, -0.2) is 6.61 Å². The molecule has 0 aromatic heterocycles. The van der Waals surface area contributed by atoms with Crippen molar-refractivity contribution in [2.75, 3.05) is 6.61 Å². The molecule has 0 saturated carbocycles. The molecule has 0 radical (unpaired) electrons. The molecule has 0 fully saturated rings. The van der Waals surface area contributed by atoms with Crippen molar-refractivity contribution >= 4 is 15.9 Å². The fourth-order valence-corrected chi connectivity index (χ4v) is 2.31. The van der Waals surface area contributed by atoms with Crippen LogP contribution in [0.1, 0.15) is 23.6 Å². The Balaban J connectivity index is 2.58. The molecule has 1 aromatic rings. The van der Waals surface area contributed by atoms with Crippen LogP contribution in [0.2, 0.25) is 0 Å². The van der Waals surface area contributed by atoms with E-state index in [1.807, 2.05) is 0 Å². The normalized spacial score (nSPS) is 19.4. The standard InChI is InChI=1S/C10H9BrN2O/c11-7-3-6(5-12)4-9-10(7)8(13)1-2-14-9/h3-4,8H,1-2,13H2. The summed E-state index contributed by atoms with van der Waals surface area (Å²) in [7, 11) is 0. The number of nitrogens with zero attached hydrogens (tertiary/aromatic N) is 1. The summed E-state index contributed by atoms with van der Waals surface area (Å²) in [5.41, 5.74) is 7.50. The second-order valence-electron chi connectivity index (χ2n) is 3.23. The summed E-state index contributed by atoms with van der Waals surface area (Å²) < 4.78 is 6.32. The Bertz CT molecular complexity index is 411. The van der Waals surface area contributed by atoms with Gasteiger partial charge in [-0.05, 0) is 12.1 Å². The molecule has 72 valence electrons. The smallest absolute Gasteiger partial charge is 0.126 e. The van der Waals surface area contributed by atoms with Crippen molar-refractivity contribution in [3.8, 4) is 11.8 Å². The summed E-state index contributed by atoms with van der Waals surface area (Å²) in [4.78, 5) is 0. The van der Waals surface area contributed by atoms with Gasteiger partial charge in [0.05, 0.1) is 18.2 Å². The molecule has 0 aliphatic carbocycles. The lowest BCUT2D eigenvalue weighted by Crippen LogP contribution is -2.21. The fraction of sp³-hybridized carbons (Fsp3) is 0.300. The minimum atomic E-state index is 0.000804. The Hall–Kier alpha value is -1.05. The van der Waals surface area contributed by atoms with Crippen LogP contribution < -0.4 is 10.5 Å². The summed E-state index contributed by atoms with van der Waals surface area (Å²) in [6, 6.07) is 5.59. The zero-order valence-corrected chi connectivity index (χ0v) is 9.04. The highest BCUT2D eigenvalue weighted by Gasteiger charge is 2.21. The second kappa shape index (κ2) is 3.60. The SMILES string of the molecule is N#Cc1cc(Br)c2c(c1)OCCC2N. The van der Waals surface area contributed by atoms with Crippen LogP contribution in [0, 0.1) is 11.3 Å². The number of hydrogen-bond acceptors (Lipinski definition) is 3. The number of rotatable bonds is 0. The van der Waals surface area contributed by atoms with Crippen LogP contribution in [0.15, 0.2) is 16.6 Å². The van der Waals surface area contributed by atoms with Gasteiger partial charge >= 0.3 is 0 Å². The van der Waals surface area contributed by atoms with Gasteiger partial charge in [0, 0.05) is 22.5 Å². The van der Waals surface area contributed by atoms with Crippen LogP contribution in [-0.2, 0) is 0 Å². The number of nitrogens with two attached hydrogens (primary N) is 1. The minimum Gasteiger partial charge on any atom is -0.493 e. The molecule has 1 aromatic carbocycles. The van der Waals surface area contributed by atoms with Gasteiger partial charge in [-0.1, -0.05) is 15.9 Å². The van der Waals surface area contributed by atoms with E-state index in [1.54, 1.807) is 12.1 Å². The van der Waals surface area contributed by atoms with Crippen LogP contribution in [0.25, 0.3) is 0 Å². The summed E-state index contributed by atoms with van der Waals surface area (Å²) in [6.07, 6.45) is 0.817. The molecule has 0 saturated heterocycles. The molecular formula is C10H9BrN2O. The first-order valence-electron chi connectivity index (χ1n) is 4.34. The molecule has 1 atom stereocenters. The Kier molecular flexibility index (Phi) is 2.44. The van der Waals surface area contributed by atoms with Gasteiger partial charge in [-0.15, -0.1) is 0 Å². The molecule has 1 heterocycles. The molecular weight excluding hydrogens is 244 g/mol. The van der Waals surface area contributed by atoms with Gasteiger partial charge in [0.15, 0.2) is 0 Å². The van der Waals surface area contributed by atoms with Crippen molar-refractivity contribution in [2.24, 2.45) is 5.73 Å². The van der Waals surface area contributed by atoms with E-state index in [9.17, 15) is 0 Å². The number of fused-ring (bicyclic) bond motifs is 1. The first kappa shape index (κ1) is 9.50. The van der Waals surface area contributed by atoms with Crippen molar-refractivity contribution in [1.29, 1.82) is 5.26 Å². The Morgan fingerprint density at radius 3 is 3.07 bits per heavy atom. The number of benzene rings is 1. The molecule has 3 nitrogen and oxygen atoms in total. The average molecular weight is 253 g/mol. The highest BCUT2D eigenvalue weighted by molar-refractivity contribution is 9.10. The van der Waals surface area contributed by atoms with E-state index >= 15 is 0 Å². The van der Waals surface area contributed by atoms with Crippen LogP contribution in [0.3, 0.4) is 0 Å². The van der Waals surface area contributed by atoms with Crippen molar-refractivity contribution in [2.45, 2.75) is 12.5 Å². The van der Waals surface area contributed by atoms with E-state index < -0.39 is 0 Å². The third-order valence-electron chi connectivity index (χ3n) is 2.28. The Morgan fingerprint density at radius 2 is 2.36 bits per heavy atom. The van der Waals surface area contributed by atoms with Gasteiger partial charge < -0.3 is 10.5 Å². The number of ether oxygens (including phenoxy) is 1. The third kappa shape index (κ3) is 1.49. The fourth-order valence-electron chi connectivity index (χ4n) is 1.58. The van der Waals surface area contributed by atoms with Crippen molar-refractivity contribution < 1.29 is 4.74 Å². The van der Waals surface area contributed by atoms with Gasteiger partial charge in [-0.25, -0.2) is 0 Å².